The van der Waals surface area contributed by atoms with Crippen molar-refractivity contribution in [3.05, 3.63) is 50.2 Å². The Labute approximate surface area is 119 Å². The summed E-state index contributed by atoms with van der Waals surface area (Å²) < 4.78 is 14.2. The van der Waals surface area contributed by atoms with Crippen LogP contribution in [0.4, 0.5) is 10.1 Å². The zero-order valence-corrected chi connectivity index (χ0v) is 11.8. The highest BCUT2D eigenvalue weighted by atomic mass is 35.5. The monoisotopic (exact) mass is 295 g/mol. The summed E-state index contributed by atoms with van der Waals surface area (Å²) in [5, 5.41) is 11.0. The van der Waals surface area contributed by atoms with Crippen LogP contribution in [0.1, 0.15) is 16.8 Å². The highest BCUT2D eigenvalue weighted by molar-refractivity contribution is 6.28. The van der Waals surface area contributed by atoms with Gasteiger partial charge in [-0.05, 0) is 49.6 Å². The van der Waals surface area contributed by atoms with E-state index in [-0.39, 0.29) is 27.9 Å². The Morgan fingerprint density at radius 1 is 1.25 bits per heavy atom. The molecule has 0 aliphatic rings. The smallest absolute Gasteiger partial charge is 0.258 e. The standard InChI is InChI=1S/C13H11ClFN3O2/c1-6-4-7(2)10(9(15)5-6)11-12(18(19)20)8(3)16-13(14)17-11/h4-5H,1-3H3. The number of hydrogen-bond acceptors (Lipinski definition) is 4. The Morgan fingerprint density at radius 2 is 1.90 bits per heavy atom. The van der Waals surface area contributed by atoms with Crippen LogP contribution in [0.5, 0.6) is 0 Å². The first-order valence-electron chi connectivity index (χ1n) is 5.77. The van der Waals surface area contributed by atoms with E-state index in [2.05, 4.69) is 9.97 Å². The summed E-state index contributed by atoms with van der Waals surface area (Å²) in [5.41, 5.74) is 1.03. The van der Waals surface area contributed by atoms with Crippen molar-refractivity contribution in [3.8, 4) is 11.3 Å². The molecule has 1 aromatic heterocycles. The molecule has 20 heavy (non-hydrogen) atoms. The van der Waals surface area contributed by atoms with E-state index in [1.165, 1.54) is 13.0 Å². The summed E-state index contributed by atoms with van der Waals surface area (Å²) in [6, 6.07) is 3.03. The minimum atomic E-state index is -0.625. The average Bonchev–Trinajstić information content (AvgIpc) is 2.25. The molecule has 1 heterocycles. The van der Waals surface area contributed by atoms with Crippen LogP contribution in [0.15, 0.2) is 12.1 Å². The second-order valence-electron chi connectivity index (χ2n) is 4.47. The summed E-state index contributed by atoms with van der Waals surface area (Å²) >= 11 is 5.75. The molecule has 0 atom stereocenters. The number of rotatable bonds is 2. The van der Waals surface area contributed by atoms with Crippen LogP contribution in [-0.4, -0.2) is 14.9 Å². The van der Waals surface area contributed by atoms with Crippen molar-refractivity contribution in [2.45, 2.75) is 20.8 Å². The van der Waals surface area contributed by atoms with Crippen molar-refractivity contribution < 1.29 is 9.31 Å². The fraction of sp³-hybridized carbons (Fsp3) is 0.231. The molecule has 0 N–H and O–H groups in total. The molecule has 2 rings (SSSR count). The molecule has 0 saturated heterocycles. The molecule has 0 spiro atoms. The molecule has 104 valence electrons. The maximum Gasteiger partial charge on any atom is 0.316 e. The first-order chi connectivity index (χ1) is 9.31. The molecule has 0 bridgehead atoms. The quantitative estimate of drug-likeness (QED) is 0.480. The van der Waals surface area contributed by atoms with E-state index in [1.54, 1.807) is 19.9 Å². The lowest BCUT2D eigenvalue weighted by molar-refractivity contribution is -0.385. The third-order valence-electron chi connectivity index (χ3n) is 2.88. The van der Waals surface area contributed by atoms with Gasteiger partial charge in [-0.15, -0.1) is 0 Å². The first kappa shape index (κ1) is 14.3. The predicted octanol–water partition coefficient (Wildman–Crippen LogP) is 3.77. The zero-order valence-electron chi connectivity index (χ0n) is 11.1. The Balaban J connectivity index is 2.86. The van der Waals surface area contributed by atoms with E-state index >= 15 is 0 Å². The summed E-state index contributed by atoms with van der Waals surface area (Å²) in [4.78, 5) is 18.1. The highest BCUT2D eigenvalue weighted by Crippen LogP contribution is 2.35. The van der Waals surface area contributed by atoms with Crippen LogP contribution in [0, 0.1) is 36.7 Å². The molecule has 5 nitrogen and oxygen atoms in total. The van der Waals surface area contributed by atoms with Gasteiger partial charge < -0.3 is 0 Å². The fourth-order valence-electron chi connectivity index (χ4n) is 2.14. The Kier molecular flexibility index (Phi) is 3.67. The number of halogens is 2. The van der Waals surface area contributed by atoms with Gasteiger partial charge in [-0.2, -0.15) is 0 Å². The van der Waals surface area contributed by atoms with Crippen LogP contribution in [0.3, 0.4) is 0 Å². The molecule has 0 aliphatic heterocycles. The van der Waals surface area contributed by atoms with E-state index in [0.717, 1.165) is 5.56 Å². The average molecular weight is 296 g/mol. The minimum absolute atomic E-state index is 0.0784. The molecule has 0 saturated carbocycles. The van der Waals surface area contributed by atoms with Crippen molar-refractivity contribution >= 4 is 17.3 Å². The number of nitro groups is 1. The van der Waals surface area contributed by atoms with Crippen molar-refractivity contribution in [1.29, 1.82) is 0 Å². The van der Waals surface area contributed by atoms with Gasteiger partial charge in [0.25, 0.3) is 0 Å². The van der Waals surface area contributed by atoms with E-state index in [4.69, 9.17) is 11.6 Å². The second kappa shape index (κ2) is 5.13. The third kappa shape index (κ3) is 2.46. The van der Waals surface area contributed by atoms with Crippen LogP contribution in [0.2, 0.25) is 5.28 Å². The van der Waals surface area contributed by atoms with Gasteiger partial charge in [-0.1, -0.05) is 6.07 Å². The fourth-order valence-corrected chi connectivity index (χ4v) is 2.35. The third-order valence-corrected chi connectivity index (χ3v) is 3.05. The lowest BCUT2D eigenvalue weighted by Crippen LogP contribution is -2.03. The molecule has 1 aromatic carbocycles. The van der Waals surface area contributed by atoms with Crippen LogP contribution >= 0.6 is 11.6 Å². The van der Waals surface area contributed by atoms with Gasteiger partial charge in [0.1, 0.15) is 11.5 Å². The molecule has 0 radical (unpaired) electrons. The van der Waals surface area contributed by atoms with E-state index in [1.807, 2.05) is 0 Å². The molecule has 0 unspecified atom stereocenters. The van der Waals surface area contributed by atoms with Gasteiger partial charge in [0.2, 0.25) is 5.28 Å². The molecule has 2 aromatic rings. The summed E-state index contributed by atoms with van der Waals surface area (Å²) in [5.74, 6) is -0.570. The Hall–Kier alpha value is -2.08. The minimum Gasteiger partial charge on any atom is -0.258 e. The normalized spacial score (nSPS) is 10.7. The number of benzene rings is 1. The van der Waals surface area contributed by atoms with Gasteiger partial charge in [0, 0.05) is 5.56 Å². The van der Waals surface area contributed by atoms with Gasteiger partial charge in [0.05, 0.1) is 4.92 Å². The van der Waals surface area contributed by atoms with E-state index in [0.29, 0.717) is 5.56 Å². The summed E-state index contributed by atoms with van der Waals surface area (Å²) in [7, 11) is 0. The van der Waals surface area contributed by atoms with Crippen molar-refractivity contribution in [1.82, 2.24) is 9.97 Å². The summed E-state index contributed by atoms with van der Waals surface area (Å²) in [6.45, 7) is 4.85. The molecular weight excluding hydrogens is 285 g/mol. The second-order valence-corrected chi connectivity index (χ2v) is 4.81. The Morgan fingerprint density at radius 3 is 2.45 bits per heavy atom. The van der Waals surface area contributed by atoms with E-state index in [9.17, 15) is 14.5 Å². The summed E-state index contributed by atoms with van der Waals surface area (Å²) in [6.07, 6.45) is 0. The maximum absolute atomic E-state index is 14.2. The molecule has 0 aliphatic carbocycles. The van der Waals surface area contributed by atoms with Gasteiger partial charge in [0.15, 0.2) is 5.69 Å². The number of aryl methyl sites for hydroxylation is 3. The zero-order chi connectivity index (χ0) is 15.0. The predicted molar refractivity (Wildman–Crippen MR) is 73.3 cm³/mol. The molecule has 7 heteroatoms. The van der Waals surface area contributed by atoms with Gasteiger partial charge >= 0.3 is 5.69 Å². The number of aromatic nitrogens is 2. The number of hydrogen-bond donors (Lipinski definition) is 0. The lowest BCUT2D eigenvalue weighted by Gasteiger charge is -2.10. The van der Waals surface area contributed by atoms with Crippen molar-refractivity contribution in [3.63, 3.8) is 0 Å². The van der Waals surface area contributed by atoms with Crippen LogP contribution in [-0.2, 0) is 0 Å². The van der Waals surface area contributed by atoms with Gasteiger partial charge in [-0.25, -0.2) is 14.4 Å². The van der Waals surface area contributed by atoms with Crippen molar-refractivity contribution in [2.24, 2.45) is 0 Å². The Bertz CT molecular complexity index is 696. The largest absolute Gasteiger partial charge is 0.316 e. The maximum atomic E-state index is 14.2. The molecule has 0 fully saturated rings. The number of nitrogens with zero attached hydrogens (tertiary/aromatic N) is 3. The van der Waals surface area contributed by atoms with Crippen molar-refractivity contribution in [2.75, 3.05) is 0 Å². The SMILES string of the molecule is Cc1cc(C)c(-c2nc(Cl)nc(C)c2[N+](=O)[O-])c(F)c1. The topological polar surface area (TPSA) is 68.9 Å². The first-order valence-corrected chi connectivity index (χ1v) is 6.14. The van der Waals surface area contributed by atoms with Crippen LogP contribution in [0.25, 0.3) is 11.3 Å². The lowest BCUT2D eigenvalue weighted by atomic mass is 10.0. The molecule has 0 amide bonds. The van der Waals surface area contributed by atoms with Gasteiger partial charge in [-0.3, -0.25) is 10.1 Å². The highest BCUT2D eigenvalue weighted by Gasteiger charge is 2.26. The van der Waals surface area contributed by atoms with E-state index < -0.39 is 10.7 Å². The van der Waals surface area contributed by atoms with Crippen LogP contribution < -0.4 is 0 Å². The molecular formula is C13H11ClFN3O2.